The summed E-state index contributed by atoms with van der Waals surface area (Å²) < 4.78 is 0.958. The van der Waals surface area contributed by atoms with E-state index in [0.717, 1.165) is 3.57 Å². The molecule has 1 aromatic rings. The first kappa shape index (κ1) is 7.46. The summed E-state index contributed by atoms with van der Waals surface area (Å²) in [4.78, 5) is 3.83. The molecule has 3 N–H and O–H groups in total. The fourth-order valence-corrected chi connectivity index (χ4v) is 1.20. The zero-order valence-electron chi connectivity index (χ0n) is 5.13. The quantitative estimate of drug-likeness (QED) is 0.579. The number of nitrogens with one attached hydrogen (secondary N) is 1. The lowest BCUT2D eigenvalue weighted by molar-refractivity contribution is 1.31. The Morgan fingerprint density at radius 2 is 2.40 bits per heavy atom. The molecule has 0 aliphatic carbocycles. The Balaban J connectivity index is 3.30. The molecule has 0 bridgehead atoms. The second-order valence-electron chi connectivity index (χ2n) is 1.74. The van der Waals surface area contributed by atoms with Gasteiger partial charge in [0.05, 0.1) is 0 Å². The highest BCUT2D eigenvalue weighted by Crippen LogP contribution is 2.13. The van der Waals surface area contributed by atoms with E-state index in [1.807, 2.05) is 6.07 Å². The van der Waals surface area contributed by atoms with Crippen molar-refractivity contribution in [3.63, 3.8) is 0 Å². The first-order valence-electron chi connectivity index (χ1n) is 2.66. The molecule has 1 rings (SSSR count). The zero-order chi connectivity index (χ0) is 7.56. The lowest BCUT2D eigenvalue weighted by Gasteiger charge is -1.98. The maximum Gasteiger partial charge on any atom is 0.133 e. The van der Waals surface area contributed by atoms with Crippen LogP contribution in [0, 0.1) is 8.98 Å². The van der Waals surface area contributed by atoms with Gasteiger partial charge < -0.3 is 11.1 Å². The van der Waals surface area contributed by atoms with Crippen molar-refractivity contribution in [1.82, 2.24) is 4.98 Å². The van der Waals surface area contributed by atoms with Crippen molar-refractivity contribution in [3.05, 3.63) is 21.4 Å². The van der Waals surface area contributed by atoms with E-state index in [2.05, 4.69) is 27.6 Å². The lowest BCUT2D eigenvalue weighted by Crippen LogP contribution is -1.97. The van der Waals surface area contributed by atoms with Gasteiger partial charge in [0.2, 0.25) is 0 Å². The van der Waals surface area contributed by atoms with Gasteiger partial charge in [0.15, 0.2) is 0 Å². The maximum absolute atomic E-state index is 6.98. The predicted octanol–water partition coefficient (Wildman–Crippen LogP) is 1.27. The van der Waals surface area contributed by atoms with Gasteiger partial charge in [-0.3, -0.25) is 0 Å². The number of halogens is 1. The third kappa shape index (κ3) is 1.26. The number of nitrogen functional groups attached to an aromatic ring is 1. The summed E-state index contributed by atoms with van der Waals surface area (Å²) in [5.41, 5.74) is 6.16. The zero-order valence-corrected chi connectivity index (χ0v) is 7.29. The van der Waals surface area contributed by atoms with Crippen LogP contribution in [0.1, 0.15) is 5.56 Å². The molecule has 4 heteroatoms. The van der Waals surface area contributed by atoms with Gasteiger partial charge >= 0.3 is 0 Å². The highest BCUT2D eigenvalue weighted by Gasteiger charge is 1.99. The van der Waals surface area contributed by atoms with Crippen LogP contribution in [0.4, 0.5) is 5.82 Å². The second-order valence-corrected chi connectivity index (χ2v) is 2.90. The van der Waals surface area contributed by atoms with E-state index < -0.39 is 0 Å². The molecule has 0 aliphatic heterocycles. The van der Waals surface area contributed by atoms with Crippen LogP contribution < -0.4 is 5.73 Å². The molecule has 0 amide bonds. The summed E-state index contributed by atoms with van der Waals surface area (Å²) >= 11 is 2.11. The SMILES string of the molecule is N=Cc1c(I)ccnc1N. The van der Waals surface area contributed by atoms with Gasteiger partial charge in [-0.05, 0) is 28.7 Å². The highest BCUT2D eigenvalue weighted by atomic mass is 127. The molecule has 0 aromatic carbocycles. The van der Waals surface area contributed by atoms with Crippen molar-refractivity contribution in [3.8, 4) is 0 Å². The molecular formula is C6H6IN3. The lowest BCUT2D eigenvalue weighted by atomic mass is 10.3. The Hall–Kier alpha value is -0.650. The Kier molecular flexibility index (Phi) is 2.21. The summed E-state index contributed by atoms with van der Waals surface area (Å²) in [6.45, 7) is 0. The summed E-state index contributed by atoms with van der Waals surface area (Å²) in [5, 5.41) is 6.98. The van der Waals surface area contributed by atoms with Crippen molar-refractivity contribution in [1.29, 1.82) is 5.41 Å². The number of hydrogen-bond acceptors (Lipinski definition) is 3. The average Bonchev–Trinajstić information content (AvgIpc) is 1.88. The minimum atomic E-state index is 0.418. The molecule has 1 heterocycles. The molecule has 3 nitrogen and oxygen atoms in total. The monoisotopic (exact) mass is 247 g/mol. The molecule has 0 fully saturated rings. The molecule has 0 unspecified atom stereocenters. The fourth-order valence-electron chi connectivity index (χ4n) is 0.608. The van der Waals surface area contributed by atoms with Gasteiger partial charge in [-0.2, -0.15) is 0 Å². The van der Waals surface area contributed by atoms with Crippen LogP contribution in [0.15, 0.2) is 12.3 Å². The van der Waals surface area contributed by atoms with E-state index in [-0.39, 0.29) is 0 Å². The molecule has 0 spiro atoms. The van der Waals surface area contributed by atoms with Crippen LogP contribution >= 0.6 is 22.6 Å². The molecule has 10 heavy (non-hydrogen) atoms. The normalized spacial score (nSPS) is 9.30. The van der Waals surface area contributed by atoms with Gasteiger partial charge in [0, 0.05) is 21.5 Å². The van der Waals surface area contributed by atoms with Crippen molar-refractivity contribution in [2.75, 3.05) is 5.73 Å². The Morgan fingerprint density at radius 3 is 2.80 bits per heavy atom. The molecule has 1 aromatic heterocycles. The average molecular weight is 247 g/mol. The third-order valence-electron chi connectivity index (χ3n) is 1.11. The van der Waals surface area contributed by atoms with Crippen molar-refractivity contribution in [2.24, 2.45) is 0 Å². The Labute approximate surface area is 72.3 Å². The molecule has 0 saturated heterocycles. The fraction of sp³-hybridized carbons (Fsp3) is 0. The minimum Gasteiger partial charge on any atom is -0.383 e. The van der Waals surface area contributed by atoms with Gasteiger partial charge in [0.1, 0.15) is 5.82 Å². The summed E-state index contributed by atoms with van der Waals surface area (Å²) in [7, 11) is 0. The van der Waals surface area contributed by atoms with Crippen LogP contribution in [0.2, 0.25) is 0 Å². The standard InChI is InChI=1S/C6H6IN3/c7-5-1-2-10-6(9)4(5)3-8/h1-3,8H,(H2,9,10). The molecule has 0 saturated carbocycles. The maximum atomic E-state index is 6.98. The highest BCUT2D eigenvalue weighted by molar-refractivity contribution is 14.1. The van der Waals surface area contributed by atoms with Gasteiger partial charge in [-0.1, -0.05) is 0 Å². The topological polar surface area (TPSA) is 62.8 Å². The first-order valence-corrected chi connectivity index (χ1v) is 3.74. The Morgan fingerprint density at radius 1 is 1.70 bits per heavy atom. The van der Waals surface area contributed by atoms with Crippen LogP contribution in [-0.2, 0) is 0 Å². The van der Waals surface area contributed by atoms with Gasteiger partial charge in [-0.25, -0.2) is 4.98 Å². The number of nitrogens with zero attached hydrogens (tertiary/aromatic N) is 1. The van der Waals surface area contributed by atoms with Gasteiger partial charge in [0.25, 0.3) is 0 Å². The van der Waals surface area contributed by atoms with Crippen molar-refractivity contribution in [2.45, 2.75) is 0 Å². The van der Waals surface area contributed by atoms with E-state index in [1.54, 1.807) is 6.20 Å². The van der Waals surface area contributed by atoms with Crippen LogP contribution in [0.3, 0.4) is 0 Å². The largest absolute Gasteiger partial charge is 0.383 e. The summed E-state index contributed by atoms with van der Waals surface area (Å²) in [5.74, 6) is 0.418. The molecule has 0 atom stereocenters. The second kappa shape index (κ2) is 2.96. The summed E-state index contributed by atoms with van der Waals surface area (Å²) in [6, 6.07) is 1.82. The Bertz CT molecular complexity index is 239. The number of pyridine rings is 1. The number of anilines is 1. The van der Waals surface area contributed by atoms with Crippen LogP contribution in [0.5, 0.6) is 0 Å². The smallest absolute Gasteiger partial charge is 0.133 e. The number of nitrogens with two attached hydrogens (primary N) is 1. The molecular weight excluding hydrogens is 241 g/mol. The van der Waals surface area contributed by atoms with E-state index in [4.69, 9.17) is 11.1 Å². The van der Waals surface area contributed by atoms with E-state index in [9.17, 15) is 0 Å². The first-order chi connectivity index (χ1) is 4.75. The molecule has 0 radical (unpaired) electrons. The summed E-state index contributed by atoms with van der Waals surface area (Å²) in [6.07, 6.45) is 2.84. The van der Waals surface area contributed by atoms with Crippen molar-refractivity contribution >= 4 is 34.6 Å². The van der Waals surface area contributed by atoms with E-state index >= 15 is 0 Å². The minimum absolute atomic E-state index is 0.418. The number of aromatic nitrogens is 1. The van der Waals surface area contributed by atoms with Crippen molar-refractivity contribution < 1.29 is 0 Å². The number of rotatable bonds is 1. The predicted molar refractivity (Wildman–Crippen MR) is 49.3 cm³/mol. The van der Waals surface area contributed by atoms with Crippen LogP contribution in [0.25, 0.3) is 0 Å². The molecule has 0 aliphatic rings. The number of hydrogen-bond donors (Lipinski definition) is 2. The van der Waals surface area contributed by atoms with E-state index in [1.165, 1.54) is 6.21 Å². The van der Waals surface area contributed by atoms with Gasteiger partial charge in [-0.15, -0.1) is 0 Å². The van der Waals surface area contributed by atoms with Crippen LogP contribution in [-0.4, -0.2) is 11.2 Å². The molecule has 52 valence electrons. The third-order valence-corrected chi connectivity index (χ3v) is 2.05. The van der Waals surface area contributed by atoms with E-state index in [0.29, 0.717) is 11.4 Å².